The highest BCUT2D eigenvalue weighted by atomic mass is 32.2. The van der Waals surface area contributed by atoms with Crippen molar-refractivity contribution in [3.63, 3.8) is 0 Å². The fraction of sp³-hybridized carbons (Fsp3) is 0.278. The van der Waals surface area contributed by atoms with Crippen LogP contribution in [0.15, 0.2) is 58.3 Å². The van der Waals surface area contributed by atoms with Crippen molar-refractivity contribution < 1.29 is 22.7 Å². The molecule has 0 radical (unpaired) electrons. The molecule has 2 aromatic carbocycles. The Balaban J connectivity index is 1.81. The number of hydrogen-bond acceptors (Lipinski definition) is 6. The average molecular weight is 396 g/mol. The second-order valence-electron chi connectivity index (χ2n) is 5.32. The largest absolute Gasteiger partial charge is 0.497 e. The summed E-state index contributed by atoms with van der Waals surface area (Å²) in [6.45, 7) is 0.308. The summed E-state index contributed by atoms with van der Waals surface area (Å²) in [6, 6.07) is 13.8. The van der Waals surface area contributed by atoms with Crippen molar-refractivity contribution in [3.05, 3.63) is 54.1 Å². The SMILES string of the molecule is COC(=O)Cc1ccc(SCCNS(=O)(=O)c2ccc(OC)cc2)cc1. The van der Waals surface area contributed by atoms with Gasteiger partial charge in [0.1, 0.15) is 5.75 Å². The number of methoxy groups -OCH3 is 2. The number of hydrogen-bond donors (Lipinski definition) is 1. The molecule has 0 saturated heterocycles. The Hall–Kier alpha value is -2.03. The van der Waals surface area contributed by atoms with E-state index >= 15 is 0 Å². The van der Waals surface area contributed by atoms with Gasteiger partial charge in [-0.3, -0.25) is 4.79 Å². The Kier molecular flexibility index (Phi) is 7.50. The van der Waals surface area contributed by atoms with Gasteiger partial charge in [0, 0.05) is 17.2 Å². The Morgan fingerprint density at radius 1 is 1.04 bits per heavy atom. The summed E-state index contributed by atoms with van der Waals surface area (Å²) in [5, 5.41) is 0. The number of benzene rings is 2. The van der Waals surface area contributed by atoms with Crippen LogP contribution in [0.3, 0.4) is 0 Å². The summed E-state index contributed by atoms with van der Waals surface area (Å²) < 4.78 is 36.7. The van der Waals surface area contributed by atoms with Gasteiger partial charge in [-0.1, -0.05) is 12.1 Å². The molecule has 2 rings (SSSR count). The fourth-order valence-corrected chi connectivity index (χ4v) is 4.05. The number of ether oxygens (including phenoxy) is 2. The van der Waals surface area contributed by atoms with Crippen LogP contribution in [0, 0.1) is 0 Å². The highest BCUT2D eigenvalue weighted by Crippen LogP contribution is 2.19. The molecule has 0 spiro atoms. The average Bonchev–Trinajstić information content (AvgIpc) is 2.66. The number of thioether (sulfide) groups is 1. The first kappa shape index (κ1) is 20.3. The monoisotopic (exact) mass is 395 g/mol. The third kappa shape index (κ3) is 6.05. The highest BCUT2D eigenvalue weighted by Gasteiger charge is 2.13. The molecule has 8 heteroatoms. The van der Waals surface area contributed by atoms with E-state index in [0.717, 1.165) is 10.5 Å². The van der Waals surface area contributed by atoms with Gasteiger partial charge in [0.2, 0.25) is 10.0 Å². The zero-order chi connectivity index (χ0) is 19.0. The first-order valence-electron chi connectivity index (χ1n) is 7.87. The topological polar surface area (TPSA) is 81.7 Å². The van der Waals surface area contributed by atoms with Gasteiger partial charge in [-0.05, 0) is 42.0 Å². The Morgan fingerprint density at radius 3 is 2.27 bits per heavy atom. The maximum Gasteiger partial charge on any atom is 0.309 e. The van der Waals surface area contributed by atoms with Crippen LogP contribution in [-0.4, -0.2) is 40.9 Å². The van der Waals surface area contributed by atoms with E-state index in [4.69, 9.17) is 4.74 Å². The van der Waals surface area contributed by atoms with Gasteiger partial charge in [0.05, 0.1) is 25.5 Å². The number of nitrogens with one attached hydrogen (secondary N) is 1. The van der Waals surface area contributed by atoms with Gasteiger partial charge in [-0.15, -0.1) is 11.8 Å². The molecular weight excluding hydrogens is 374 g/mol. The molecule has 0 aliphatic rings. The van der Waals surface area contributed by atoms with Crippen LogP contribution in [0.2, 0.25) is 0 Å². The lowest BCUT2D eigenvalue weighted by molar-refractivity contribution is -0.139. The van der Waals surface area contributed by atoms with Crippen LogP contribution in [-0.2, 0) is 26.0 Å². The molecule has 140 valence electrons. The van der Waals surface area contributed by atoms with Crippen molar-refractivity contribution in [1.29, 1.82) is 0 Å². The van der Waals surface area contributed by atoms with Crippen LogP contribution < -0.4 is 9.46 Å². The molecule has 0 heterocycles. The Morgan fingerprint density at radius 2 is 1.69 bits per heavy atom. The van der Waals surface area contributed by atoms with Crippen molar-refractivity contribution in [2.75, 3.05) is 26.5 Å². The smallest absolute Gasteiger partial charge is 0.309 e. The predicted molar refractivity (Wildman–Crippen MR) is 101 cm³/mol. The standard InChI is InChI=1S/C18H21NO5S2/c1-23-15-5-9-17(10-6-15)26(21,22)19-11-12-25-16-7-3-14(4-8-16)13-18(20)24-2/h3-10,19H,11-13H2,1-2H3. The minimum Gasteiger partial charge on any atom is -0.497 e. The quantitative estimate of drug-likeness (QED) is 0.399. The second-order valence-corrected chi connectivity index (χ2v) is 8.25. The van der Waals surface area contributed by atoms with Crippen LogP contribution in [0.25, 0.3) is 0 Å². The minimum absolute atomic E-state index is 0.204. The molecule has 6 nitrogen and oxygen atoms in total. The van der Waals surface area contributed by atoms with Gasteiger partial charge in [-0.25, -0.2) is 13.1 Å². The number of carbonyl (C=O) groups is 1. The van der Waals surface area contributed by atoms with E-state index in [2.05, 4.69) is 9.46 Å². The summed E-state index contributed by atoms with van der Waals surface area (Å²) >= 11 is 1.53. The van der Waals surface area contributed by atoms with Crippen LogP contribution >= 0.6 is 11.8 Å². The van der Waals surface area contributed by atoms with E-state index < -0.39 is 10.0 Å². The van der Waals surface area contributed by atoms with Gasteiger partial charge in [0.25, 0.3) is 0 Å². The third-order valence-electron chi connectivity index (χ3n) is 3.53. The molecule has 0 saturated carbocycles. The van der Waals surface area contributed by atoms with Crippen molar-refractivity contribution in [3.8, 4) is 5.75 Å². The lowest BCUT2D eigenvalue weighted by Crippen LogP contribution is -2.25. The summed E-state index contributed by atoms with van der Waals surface area (Å²) in [4.78, 5) is 12.4. The number of rotatable bonds is 9. The fourth-order valence-electron chi connectivity index (χ4n) is 2.13. The molecule has 0 aliphatic carbocycles. The van der Waals surface area contributed by atoms with Crippen molar-refractivity contribution >= 4 is 27.8 Å². The van der Waals surface area contributed by atoms with Gasteiger partial charge in [0.15, 0.2) is 0 Å². The third-order valence-corrected chi connectivity index (χ3v) is 6.02. The molecular formula is C18H21NO5S2. The Labute approximate surface area is 158 Å². The number of esters is 1. The Bertz CT molecular complexity index is 818. The summed E-state index contributed by atoms with van der Waals surface area (Å²) in [7, 11) is -0.644. The van der Waals surface area contributed by atoms with Gasteiger partial charge in [-0.2, -0.15) is 0 Å². The van der Waals surface area contributed by atoms with E-state index in [0.29, 0.717) is 18.0 Å². The van der Waals surface area contributed by atoms with Crippen LogP contribution in [0.5, 0.6) is 5.75 Å². The lowest BCUT2D eigenvalue weighted by atomic mass is 10.2. The molecule has 2 aromatic rings. The predicted octanol–water partition coefficient (Wildman–Crippen LogP) is 2.48. The molecule has 1 N–H and O–H groups in total. The molecule has 26 heavy (non-hydrogen) atoms. The molecule has 0 bridgehead atoms. The molecule has 0 fully saturated rings. The van der Waals surface area contributed by atoms with Crippen LogP contribution in [0.4, 0.5) is 0 Å². The molecule has 0 atom stereocenters. The molecule has 0 amide bonds. The maximum atomic E-state index is 12.2. The zero-order valence-electron chi connectivity index (χ0n) is 14.6. The van der Waals surface area contributed by atoms with Gasteiger partial charge >= 0.3 is 5.97 Å². The highest BCUT2D eigenvalue weighted by molar-refractivity contribution is 7.99. The summed E-state index contributed by atoms with van der Waals surface area (Å²) in [6.07, 6.45) is 0.239. The lowest BCUT2D eigenvalue weighted by Gasteiger charge is -2.08. The van der Waals surface area contributed by atoms with E-state index in [1.165, 1.54) is 38.1 Å². The first-order chi connectivity index (χ1) is 12.4. The maximum absolute atomic E-state index is 12.2. The van der Waals surface area contributed by atoms with Crippen molar-refractivity contribution in [1.82, 2.24) is 4.72 Å². The normalized spacial score (nSPS) is 11.2. The first-order valence-corrected chi connectivity index (χ1v) is 10.3. The zero-order valence-corrected chi connectivity index (χ0v) is 16.2. The molecule has 0 aliphatic heterocycles. The minimum atomic E-state index is -3.53. The summed E-state index contributed by atoms with van der Waals surface area (Å²) in [5.41, 5.74) is 0.876. The van der Waals surface area contributed by atoms with E-state index in [1.54, 1.807) is 12.1 Å². The van der Waals surface area contributed by atoms with E-state index in [1.807, 2.05) is 24.3 Å². The van der Waals surface area contributed by atoms with Crippen molar-refractivity contribution in [2.45, 2.75) is 16.2 Å². The second kappa shape index (κ2) is 9.61. The molecule has 0 aromatic heterocycles. The summed E-state index contributed by atoms with van der Waals surface area (Å²) in [5.74, 6) is 0.916. The number of sulfonamides is 1. The van der Waals surface area contributed by atoms with Crippen LogP contribution in [0.1, 0.15) is 5.56 Å². The molecule has 0 unspecified atom stereocenters. The van der Waals surface area contributed by atoms with Crippen molar-refractivity contribution in [2.24, 2.45) is 0 Å². The number of carbonyl (C=O) groups excluding carboxylic acids is 1. The van der Waals surface area contributed by atoms with E-state index in [-0.39, 0.29) is 17.3 Å². The van der Waals surface area contributed by atoms with Gasteiger partial charge < -0.3 is 9.47 Å². The van der Waals surface area contributed by atoms with E-state index in [9.17, 15) is 13.2 Å².